The maximum atomic E-state index is 13.3. The standard InChI is InChI=1S/C25H24N4O3S/c1-17-12-18(2)24-20(13-17)27-25(33-24)29(10-3-9-28-11-8-26-15-28)23(30)7-5-19-4-6-21-22(14-19)32-16-31-21/h4-8,11-15H,3,9-10,16H2,1-2H3/b7-5+. The van der Waals surface area contributed by atoms with Crippen LogP contribution in [0, 0.1) is 13.8 Å². The maximum absolute atomic E-state index is 13.3. The smallest absolute Gasteiger partial charge is 0.252 e. The van der Waals surface area contributed by atoms with Gasteiger partial charge in [-0.25, -0.2) is 9.97 Å². The van der Waals surface area contributed by atoms with Crippen LogP contribution < -0.4 is 14.4 Å². The van der Waals surface area contributed by atoms with Gasteiger partial charge in [-0.3, -0.25) is 9.69 Å². The minimum absolute atomic E-state index is 0.105. The summed E-state index contributed by atoms with van der Waals surface area (Å²) in [5.41, 5.74) is 4.15. The molecule has 1 aliphatic heterocycles. The molecule has 0 saturated carbocycles. The summed E-state index contributed by atoms with van der Waals surface area (Å²) < 4.78 is 13.9. The van der Waals surface area contributed by atoms with Crippen molar-refractivity contribution in [1.29, 1.82) is 0 Å². The van der Waals surface area contributed by atoms with Crippen LogP contribution in [0.5, 0.6) is 11.5 Å². The van der Waals surface area contributed by atoms with Crippen molar-refractivity contribution in [3.63, 3.8) is 0 Å². The average Bonchev–Trinajstić information content (AvgIpc) is 3.55. The number of imidazole rings is 1. The summed E-state index contributed by atoms with van der Waals surface area (Å²) >= 11 is 1.56. The normalized spacial score (nSPS) is 12.7. The van der Waals surface area contributed by atoms with E-state index in [-0.39, 0.29) is 12.7 Å². The molecule has 1 aliphatic rings. The van der Waals surface area contributed by atoms with E-state index in [2.05, 4.69) is 31.0 Å². The number of fused-ring (bicyclic) bond motifs is 2. The van der Waals surface area contributed by atoms with Crippen molar-refractivity contribution in [1.82, 2.24) is 14.5 Å². The summed E-state index contributed by atoms with van der Waals surface area (Å²) in [5.74, 6) is 1.31. The van der Waals surface area contributed by atoms with Gasteiger partial charge in [0.15, 0.2) is 16.6 Å². The number of amides is 1. The quantitative estimate of drug-likeness (QED) is 0.364. The molecule has 0 N–H and O–H groups in total. The van der Waals surface area contributed by atoms with Gasteiger partial charge in [0.1, 0.15) is 0 Å². The summed E-state index contributed by atoms with van der Waals surface area (Å²) in [6.07, 6.45) is 9.66. The lowest BCUT2D eigenvalue weighted by molar-refractivity contribution is -0.114. The first kappa shape index (κ1) is 21.2. The zero-order valence-corrected chi connectivity index (χ0v) is 19.3. The van der Waals surface area contributed by atoms with E-state index in [0.29, 0.717) is 17.4 Å². The lowest BCUT2D eigenvalue weighted by Crippen LogP contribution is -2.30. The van der Waals surface area contributed by atoms with Crippen molar-refractivity contribution in [2.24, 2.45) is 0 Å². The molecule has 3 heterocycles. The fraction of sp³-hybridized carbons (Fsp3) is 0.240. The van der Waals surface area contributed by atoms with E-state index < -0.39 is 0 Å². The van der Waals surface area contributed by atoms with Crippen LogP contribution in [-0.2, 0) is 11.3 Å². The highest BCUT2D eigenvalue weighted by Gasteiger charge is 2.19. The van der Waals surface area contributed by atoms with Crippen molar-refractivity contribution in [2.75, 3.05) is 18.2 Å². The number of aryl methyl sites for hydroxylation is 3. The summed E-state index contributed by atoms with van der Waals surface area (Å²) in [4.78, 5) is 24.0. The molecule has 0 saturated heterocycles. The molecule has 0 radical (unpaired) electrons. The molecule has 8 heteroatoms. The number of thiazole rings is 1. The molecule has 5 rings (SSSR count). The highest BCUT2D eigenvalue weighted by Crippen LogP contribution is 2.34. The van der Waals surface area contributed by atoms with E-state index in [1.54, 1.807) is 40.9 Å². The molecule has 33 heavy (non-hydrogen) atoms. The van der Waals surface area contributed by atoms with Gasteiger partial charge in [-0.2, -0.15) is 0 Å². The number of benzene rings is 2. The van der Waals surface area contributed by atoms with Crippen LogP contribution >= 0.6 is 11.3 Å². The zero-order chi connectivity index (χ0) is 22.8. The first-order valence-corrected chi connectivity index (χ1v) is 11.6. The van der Waals surface area contributed by atoms with Gasteiger partial charge in [-0.1, -0.05) is 23.5 Å². The van der Waals surface area contributed by atoms with Crippen LogP contribution in [0.4, 0.5) is 5.13 Å². The van der Waals surface area contributed by atoms with Gasteiger partial charge in [-0.15, -0.1) is 0 Å². The van der Waals surface area contributed by atoms with Crippen LogP contribution in [-0.4, -0.2) is 33.8 Å². The molecule has 0 aliphatic carbocycles. The second-order valence-electron chi connectivity index (χ2n) is 8.02. The molecular weight excluding hydrogens is 436 g/mol. The number of carbonyl (C=O) groups excluding carboxylic acids is 1. The SMILES string of the molecule is Cc1cc(C)c2sc(N(CCCn3ccnc3)C(=O)/C=C/c3ccc4c(c3)OCO4)nc2c1. The molecule has 0 unspecified atom stereocenters. The molecule has 1 amide bonds. The number of hydrogen-bond acceptors (Lipinski definition) is 6. The highest BCUT2D eigenvalue weighted by atomic mass is 32.1. The predicted octanol–water partition coefficient (Wildman–Crippen LogP) is 4.98. The number of anilines is 1. The molecule has 0 fully saturated rings. The first-order chi connectivity index (χ1) is 16.1. The van der Waals surface area contributed by atoms with Gasteiger partial charge < -0.3 is 14.0 Å². The third-order valence-corrected chi connectivity index (χ3v) is 6.71. The van der Waals surface area contributed by atoms with E-state index in [1.165, 1.54) is 5.56 Å². The zero-order valence-electron chi connectivity index (χ0n) is 18.5. The molecule has 0 bridgehead atoms. The highest BCUT2D eigenvalue weighted by molar-refractivity contribution is 7.22. The molecule has 7 nitrogen and oxygen atoms in total. The van der Waals surface area contributed by atoms with Crippen LogP contribution in [0.3, 0.4) is 0 Å². The molecular formula is C25H24N4O3S. The Balaban J connectivity index is 1.40. The third-order valence-electron chi connectivity index (χ3n) is 5.48. The third kappa shape index (κ3) is 4.61. The van der Waals surface area contributed by atoms with Gasteiger partial charge in [0.2, 0.25) is 6.79 Å². The van der Waals surface area contributed by atoms with Crippen LogP contribution in [0.25, 0.3) is 16.3 Å². The van der Waals surface area contributed by atoms with Gasteiger partial charge in [0, 0.05) is 31.6 Å². The monoisotopic (exact) mass is 460 g/mol. The predicted molar refractivity (Wildman–Crippen MR) is 130 cm³/mol. The molecule has 2 aromatic heterocycles. The maximum Gasteiger partial charge on any atom is 0.252 e. The minimum Gasteiger partial charge on any atom is -0.454 e. The lowest BCUT2D eigenvalue weighted by atomic mass is 10.1. The summed E-state index contributed by atoms with van der Waals surface area (Å²) in [6.45, 7) is 5.71. The van der Waals surface area contributed by atoms with E-state index in [0.717, 1.165) is 40.1 Å². The van der Waals surface area contributed by atoms with Crippen molar-refractivity contribution in [2.45, 2.75) is 26.8 Å². The largest absolute Gasteiger partial charge is 0.454 e. The fourth-order valence-corrected chi connectivity index (χ4v) is 4.93. The second-order valence-corrected chi connectivity index (χ2v) is 8.99. The van der Waals surface area contributed by atoms with Crippen LogP contribution in [0.15, 0.2) is 55.1 Å². The van der Waals surface area contributed by atoms with Crippen molar-refractivity contribution >= 4 is 38.7 Å². The Kier molecular flexibility index (Phi) is 5.83. The Morgan fingerprint density at radius 3 is 2.94 bits per heavy atom. The van der Waals surface area contributed by atoms with Gasteiger partial charge in [-0.05, 0) is 61.2 Å². The fourth-order valence-electron chi connectivity index (χ4n) is 3.89. The second kappa shape index (κ2) is 9.07. The first-order valence-electron chi connectivity index (χ1n) is 10.8. The summed E-state index contributed by atoms with van der Waals surface area (Å²) in [7, 11) is 0. The Hall–Kier alpha value is -3.65. The minimum atomic E-state index is -0.105. The molecule has 4 aromatic rings. The van der Waals surface area contributed by atoms with Crippen molar-refractivity contribution in [3.05, 3.63) is 71.8 Å². The van der Waals surface area contributed by atoms with E-state index >= 15 is 0 Å². The van der Waals surface area contributed by atoms with Gasteiger partial charge in [0.25, 0.3) is 5.91 Å². The number of carbonyl (C=O) groups is 1. The van der Waals surface area contributed by atoms with Crippen molar-refractivity contribution < 1.29 is 14.3 Å². The number of ether oxygens (including phenoxy) is 2. The van der Waals surface area contributed by atoms with Crippen molar-refractivity contribution in [3.8, 4) is 11.5 Å². The number of nitrogens with zero attached hydrogens (tertiary/aromatic N) is 4. The summed E-state index contributed by atoms with van der Waals surface area (Å²) in [5, 5.41) is 0.713. The van der Waals surface area contributed by atoms with E-state index in [1.807, 2.05) is 29.0 Å². The topological polar surface area (TPSA) is 69.5 Å². The number of rotatable bonds is 7. The van der Waals surface area contributed by atoms with Crippen LogP contribution in [0.2, 0.25) is 0 Å². The molecule has 0 atom stereocenters. The molecule has 0 spiro atoms. The van der Waals surface area contributed by atoms with Gasteiger partial charge in [0.05, 0.1) is 16.5 Å². The Morgan fingerprint density at radius 1 is 1.21 bits per heavy atom. The molecule has 168 valence electrons. The average molecular weight is 461 g/mol. The van der Waals surface area contributed by atoms with Gasteiger partial charge >= 0.3 is 0 Å². The lowest BCUT2D eigenvalue weighted by Gasteiger charge is -2.18. The Morgan fingerprint density at radius 2 is 2.09 bits per heavy atom. The Bertz CT molecular complexity index is 1330. The van der Waals surface area contributed by atoms with E-state index in [9.17, 15) is 4.79 Å². The number of aromatic nitrogens is 3. The van der Waals surface area contributed by atoms with E-state index in [4.69, 9.17) is 14.5 Å². The summed E-state index contributed by atoms with van der Waals surface area (Å²) in [6, 6.07) is 9.85. The number of hydrogen-bond donors (Lipinski definition) is 0. The van der Waals surface area contributed by atoms with Crippen LogP contribution in [0.1, 0.15) is 23.1 Å². The Labute approximate surface area is 195 Å². The molecule has 2 aromatic carbocycles.